The number of aromatic nitrogens is 2. The summed E-state index contributed by atoms with van der Waals surface area (Å²) in [7, 11) is 0. The Morgan fingerprint density at radius 3 is 2.72 bits per heavy atom. The zero-order valence-electron chi connectivity index (χ0n) is 10.1. The van der Waals surface area contributed by atoms with E-state index < -0.39 is 0 Å². The summed E-state index contributed by atoms with van der Waals surface area (Å²) < 4.78 is 0. The van der Waals surface area contributed by atoms with Crippen LogP contribution in [0.1, 0.15) is 21.6 Å². The smallest absolute Gasteiger partial charge is 0.257 e. The molecular formula is C12H14N4O2. The number of aryl methyl sites for hydroxylation is 1. The van der Waals surface area contributed by atoms with E-state index in [0.717, 1.165) is 11.3 Å². The number of hydrogen-bond donors (Lipinski definition) is 4. The Balaban J connectivity index is 2.22. The fourth-order valence-corrected chi connectivity index (χ4v) is 1.47. The largest absolute Gasteiger partial charge is 0.506 e. The van der Waals surface area contributed by atoms with Gasteiger partial charge in [-0.25, -0.2) is 0 Å². The second-order valence-corrected chi connectivity index (χ2v) is 4.05. The lowest BCUT2D eigenvalue weighted by Crippen LogP contribution is -2.13. The molecular weight excluding hydrogens is 232 g/mol. The Labute approximate surface area is 104 Å². The molecule has 0 aliphatic heterocycles. The number of phenolic OH excluding ortho intramolecular Hbond substituents is 1. The summed E-state index contributed by atoms with van der Waals surface area (Å²) in [6, 6.07) is 4.34. The number of aromatic amines is 1. The summed E-state index contributed by atoms with van der Waals surface area (Å²) in [5.74, 6) is 0.0197. The molecule has 0 bridgehead atoms. The van der Waals surface area contributed by atoms with E-state index in [1.54, 1.807) is 6.07 Å². The number of H-pyrrole nitrogens is 1. The number of aromatic hydroxyl groups is 1. The number of nitrogens with zero attached hydrogens (tertiary/aromatic N) is 1. The van der Waals surface area contributed by atoms with Gasteiger partial charge in [0.15, 0.2) is 5.82 Å². The van der Waals surface area contributed by atoms with Crippen LogP contribution in [0.15, 0.2) is 18.2 Å². The van der Waals surface area contributed by atoms with Crippen LogP contribution in [0.2, 0.25) is 0 Å². The summed E-state index contributed by atoms with van der Waals surface area (Å²) >= 11 is 0. The number of hydrogen-bond acceptors (Lipinski definition) is 4. The molecule has 5 N–H and O–H groups in total. The van der Waals surface area contributed by atoms with Gasteiger partial charge in [-0.15, -0.1) is 0 Å². The minimum absolute atomic E-state index is 0.113. The highest BCUT2D eigenvalue weighted by atomic mass is 16.3. The van der Waals surface area contributed by atoms with E-state index in [4.69, 9.17) is 5.73 Å². The Hall–Kier alpha value is -2.50. The minimum atomic E-state index is -0.347. The summed E-state index contributed by atoms with van der Waals surface area (Å²) in [6.07, 6.45) is 0. The van der Waals surface area contributed by atoms with Crippen LogP contribution >= 0.6 is 0 Å². The molecule has 0 saturated carbocycles. The normalized spacial score (nSPS) is 10.3. The number of phenols is 1. The van der Waals surface area contributed by atoms with Crippen molar-refractivity contribution in [2.45, 2.75) is 13.8 Å². The average molecular weight is 246 g/mol. The van der Waals surface area contributed by atoms with Gasteiger partial charge in [-0.3, -0.25) is 9.89 Å². The van der Waals surface area contributed by atoms with E-state index in [9.17, 15) is 9.90 Å². The molecule has 0 saturated heterocycles. The fraction of sp³-hybridized carbons (Fsp3) is 0.167. The Morgan fingerprint density at radius 1 is 1.44 bits per heavy atom. The number of amides is 1. The van der Waals surface area contributed by atoms with Crippen molar-refractivity contribution < 1.29 is 9.90 Å². The molecule has 0 aliphatic rings. The predicted octanol–water partition coefficient (Wildman–Crippen LogP) is 1.57. The molecule has 1 amide bonds. The molecule has 2 aromatic rings. The van der Waals surface area contributed by atoms with Crippen LogP contribution in [0.25, 0.3) is 0 Å². The second kappa shape index (κ2) is 4.40. The van der Waals surface area contributed by atoms with Gasteiger partial charge >= 0.3 is 0 Å². The molecule has 0 aliphatic carbocycles. The molecule has 94 valence electrons. The highest BCUT2D eigenvalue weighted by Gasteiger charge is 2.12. The van der Waals surface area contributed by atoms with Gasteiger partial charge in [-0.1, -0.05) is 0 Å². The van der Waals surface area contributed by atoms with Crippen LogP contribution in [0.5, 0.6) is 5.75 Å². The van der Waals surface area contributed by atoms with Crippen molar-refractivity contribution in [1.82, 2.24) is 10.2 Å². The first kappa shape index (κ1) is 12.0. The van der Waals surface area contributed by atoms with E-state index in [-0.39, 0.29) is 17.3 Å². The number of nitrogens with two attached hydrogens (primary N) is 1. The van der Waals surface area contributed by atoms with Gasteiger partial charge in [0.05, 0.1) is 5.69 Å². The molecule has 0 unspecified atom stereocenters. The number of anilines is 2. The van der Waals surface area contributed by atoms with Gasteiger partial charge in [0.2, 0.25) is 0 Å². The standard InChI is InChI=1S/C12H14N4O2/c1-6-7(2)15-16-11(6)14-12(18)8-3-4-9(13)10(17)5-8/h3-5,17H,13H2,1-2H3,(H2,14,15,16,18). The molecule has 0 fully saturated rings. The van der Waals surface area contributed by atoms with E-state index in [1.807, 2.05) is 13.8 Å². The first-order valence-electron chi connectivity index (χ1n) is 5.40. The summed E-state index contributed by atoms with van der Waals surface area (Å²) in [6.45, 7) is 3.72. The Bertz CT molecular complexity index is 604. The van der Waals surface area contributed by atoms with Crippen LogP contribution in [0, 0.1) is 13.8 Å². The first-order chi connectivity index (χ1) is 8.49. The molecule has 1 aromatic carbocycles. The summed E-state index contributed by atoms with van der Waals surface area (Å²) in [5, 5.41) is 18.9. The SMILES string of the molecule is Cc1[nH]nc(NC(=O)c2ccc(N)c(O)c2)c1C. The van der Waals surface area contributed by atoms with Crippen molar-refractivity contribution in [3.8, 4) is 5.75 Å². The van der Waals surface area contributed by atoms with Gasteiger partial charge < -0.3 is 16.2 Å². The maximum absolute atomic E-state index is 11.9. The Kier molecular flexibility index (Phi) is 2.93. The van der Waals surface area contributed by atoms with Gasteiger partial charge in [-0.2, -0.15) is 5.10 Å². The molecule has 18 heavy (non-hydrogen) atoms. The first-order valence-corrected chi connectivity index (χ1v) is 5.40. The molecule has 2 rings (SSSR count). The van der Waals surface area contributed by atoms with Crippen molar-refractivity contribution in [2.24, 2.45) is 0 Å². The molecule has 6 heteroatoms. The number of carbonyl (C=O) groups is 1. The van der Waals surface area contributed by atoms with Crippen LogP contribution < -0.4 is 11.1 Å². The number of nitrogen functional groups attached to an aromatic ring is 1. The summed E-state index contributed by atoms with van der Waals surface area (Å²) in [4.78, 5) is 11.9. The lowest BCUT2D eigenvalue weighted by Gasteiger charge is -2.05. The van der Waals surface area contributed by atoms with Crippen LogP contribution in [0.3, 0.4) is 0 Å². The molecule has 0 spiro atoms. The van der Waals surface area contributed by atoms with Crippen molar-refractivity contribution in [3.05, 3.63) is 35.0 Å². The van der Waals surface area contributed by atoms with E-state index >= 15 is 0 Å². The number of nitrogens with one attached hydrogen (secondary N) is 2. The molecule has 1 aromatic heterocycles. The van der Waals surface area contributed by atoms with Crippen LogP contribution in [0.4, 0.5) is 11.5 Å². The van der Waals surface area contributed by atoms with Crippen molar-refractivity contribution in [2.75, 3.05) is 11.1 Å². The number of carbonyl (C=O) groups excluding carboxylic acids is 1. The van der Waals surface area contributed by atoms with Crippen molar-refractivity contribution in [1.29, 1.82) is 0 Å². The molecule has 0 radical (unpaired) electrons. The minimum Gasteiger partial charge on any atom is -0.506 e. The third-order valence-electron chi connectivity index (χ3n) is 2.78. The quantitative estimate of drug-likeness (QED) is 0.477. The van der Waals surface area contributed by atoms with Crippen molar-refractivity contribution >= 4 is 17.4 Å². The second-order valence-electron chi connectivity index (χ2n) is 4.05. The Morgan fingerprint density at radius 2 is 2.17 bits per heavy atom. The van der Waals surface area contributed by atoms with Gasteiger partial charge in [0.1, 0.15) is 5.75 Å². The van der Waals surface area contributed by atoms with Crippen LogP contribution in [-0.2, 0) is 0 Å². The third kappa shape index (κ3) is 2.13. The van der Waals surface area contributed by atoms with E-state index in [1.165, 1.54) is 12.1 Å². The number of benzene rings is 1. The molecule has 6 nitrogen and oxygen atoms in total. The van der Waals surface area contributed by atoms with Crippen molar-refractivity contribution in [3.63, 3.8) is 0 Å². The highest BCUT2D eigenvalue weighted by molar-refractivity contribution is 6.04. The highest BCUT2D eigenvalue weighted by Crippen LogP contribution is 2.22. The van der Waals surface area contributed by atoms with E-state index in [2.05, 4.69) is 15.5 Å². The topological polar surface area (TPSA) is 104 Å². The zero-order chi connectivity index (χ0) is 13.3. The average Bonchev–Trinajstić information content (AvgIpc) is 2.64. The zero-order valence-corrected chi connectivity index (χ0v) is 10.1. The maximum Gasteiger partial charge on any atom is 0.257 e. The fourth-order valence-electron chi connectivity index (χ4n) is 1.47. The van der Waals surface area contributed by atoms with Crippen LogP contribution in [-0.4, -0.2) is 21.2 Å². The lowest BCUT2D eigenvalue weighted by atomic mass is 10.1. The van der Waals surface area contributed by atoms with Gasteiger partial charge in [0.25, 0.3) is 5.91 Å². The molecule has 1 heterocycles. The third-order valence-corrected chi connectivity index (χ3v) is 2.78. The monoisotopic (exact) mass is 246 g/mol. The maximum atomic E-state index is 11.9. The lowest BCUT2D eigenvalue weighted by molar-refractivity contribution is 0.102. The van der Waals surface area contributed by atoms with E-state index in [0.29, 0.717) is 11.4 Å². The van der Waals surface area contributed by atoms with Gasteiger partial charge in [-0.05, 0) is 32.0 Å². The predicted molar refractivity (Wildman–Crippen MR) is 68.5 cm³/mol. The van der Waals surface area contributed by atoms with Gasteiger partial charge in [0, 0.05) is 16.8 Å². The summed E-state index contributed by atoms with van der Waals surface area (Å²) in [5.41, 5.74) is 7.80. The number of rotatable bonds is 2. The molecule has 0 atom stereocenters.